The fraction of sp³-hybridized carbons (Fsp3) is 0.923. The number of nitrogens with one attached hydrogen (secondary N) is 1. The third kappa shape index (κ3) is 44.2. The predicted molar refractivity (Wildman–Crippen MR) is 250 cm³/mol. The van der Waals surface area contributed by atoms with Crippen LogP contribution in [0.15, 0.2) is 12.2 Å². The number of unbranched alkanes of at least 4 members (excludes halogenated alkanes) is 35. The Morgan fingerprint density at radius 2 is 0.810 bits per heavy atom. The maximum absolute atomic E-state index is 12.4. The average Bonchev–Trinajstić information content (AvgIpc) is 3.22. The van der Waals surface area contributed by atoms with Crippen molar-refractivity contribution in [1.29, 1.82) is 0 Å². The van der Waals surface area contributed by atoms with Crippen LogP contribution < -0.4 is 5.32 Å². The molecule has 2 atom stereocenters. The van der Waals surface area contributed by atoms with E-state index in [1.165, 1.54) is 180 Å². The molecule has 0 aromatic heterocycles. The van der Waals surface area contributed by atoms with Gasteiger partial charge in [-0.25, -0.2) is 0 Å². The summed E-state index contributed by atoms with van der Waals surface area (Å²) in [6, 6.07) is -0.560. The second-order valence-corrected chi connectivity index (χ2v) is 17.9. The lowest BCUT2D eigenvalue weighted by Crippen LogP contribution is -2.45. The number of amides is 1. The van der Waals surface area contributed by atoms with Gasteiger partial charge in [-0.2, -0.15) is 0 Å². The van der Waals surface area contributed by atoms with Crippen LogP contribution >= 0.6 is 0 Å². The largest absolute Gasteiger partial charge is 0.466 e. The lowest BCUT2D eigenvalue weighted by molar-refractivity contribution is -0.143. The van der Waals surface area contributed by atoms with Crippen LogP contribution in [-0.2, 0) is 14.3 Å². The molecule has 0 aliphatic rings. The Kier molecular flexibility index (Phi) is 47.1. The van der Waals surface area contributed by atoms with E-state index in [2.05, 4.69) is 31.3 Å². The molecule has 58 heavy (non-hydrogen) atoms. The predicted octanol–water partition coefficient (Wildman–Crippen LogP) is 15.3. The zero-order valence-corrected chi connectivity index (χ0v) is 39.0. The summed E-state index contributed by atoms with van der Waals surface area (Å²) in [6.07, 6.45) is 54.6. The van der Waals surface area contributed by atoms with Gasteiger partial charge < -0.3 is 20.3 Å². The normalized spacial score (nSPS) is 12.7. The Morgan fingerprint density at radius 1 is 0.466 bits per heavy atom. The van der Waals surface area contributed by atoms with Crippen LogP contribution in [0.3, 0.4) is 0 Å². The number of hydrogen-bond acceptors (Lipinski definition) is 5. The Hall–Kier alpha value is -1.40. The second kappa shape index (κ2) is 48.3. The van der Waals surface area contributed by atoms with E-state index >= 15 is 0 Å². The summed E-state index contributed by atoms with van der Waals surface area (Å²) in [4.78, 5) is 24.4. The molecule has 0 radical (unpaired) electrons. The van der Waals surface area contributed by atoms with Crippen LogP contribution in [0.4, 0.5) is 0 Å². The highest BCUT2D eigenvalue weighted by molar-refractivity contribution is 5.76. The Bertz CT molecular complexity index is 863. The van der Waals surface area contributed by atoms with Gasteiger partial charge in [0, 0.05) is 12.8 Å². The quantitative estimate of drug-likeness (QED) is 0.0323. The summed E-state index contributed by atoms with van der Waals surface area (Å²) in [5.74, 6) is -0.0756. The topological polar surface area (TPSA) is 95.9 Å². The molecule has 0 saturated heterocycles. The van der Waals surface area contributed by atoms with Gasteiger partial charge in [0.1, 0.15) is 0 Å². The van der Waals surface area contributed by atoms with Gasteiger partial charge in [0.2, 0.25) is 5.91 Å². The molecule has 0 aliphatic carbocycles. The molecule has 1 amide bonds. The van der Waals surface area contributed by atoms with Crippen molar-refractivity contribution in [3.8, 4) is 0 Å². The van der Waals surface area contributed by atoms with Gasteiger partial charge in [-0.3, -0.25) is 9.59 Å². The first-order valence-corrected chi connectivity index (χ1v) is 25.9. The molecule has 3 N–H and O–H groups in total. The molecule has 2 unspecified atom stereocenters. The van der Waals surface area contributed by atoms with E-state index in [1.807, 2.05) is 0 Å². The molecule has 0 bridgehead atoms. The van der Waals surface area contributed by atoms with E-state index in [9.17, 15) is 19.8 Å². The van der Waals surface area contributed by atoms with E-state index in [0.717, 1.165) is 70.6 Å². The highest BCUT2D eigenvalue weighted by atomic mass is 16.5. The van der Waals surface area contributed by atoms with Crippen molar-refractivity contribution < 1.29 is 24.5 Å². The van der Waals surface area contributed by atoms with Crippen LogP contribution in [-0.4, -0.2) is 47.4 Å². The van der Waals surface area contributed by atoms with Gasteiger partial charge in [-0.15, -0.1) is 0 Å². The van der Waals surface area contributed by atoms with Crippen molar-refractivity contribution in [1.82, 2.24) is 5.32 Å². The first kappa shape index (κ1) is 56.6. The molecule has 6 nitrogen and oxygen atoms in total. The standard InChI is InChI=1S/C52H101NO5/c1-3-5-7-9-11-13-15-16-17-18-19-21-25-28-32-36-40-44-50(55)49(48-54)53-51(56)45-41-37-33-29-26-22-20-23-27-31-35-39-43-47-58-52(57)46-42-38-34-30-24-14-12-10-8-6-4-2/h22,26,49-50,54-55H,3-21,23-25,27-48H2,1-2H3,(H,53,56)/b26-22-. The van der Waals surface area contributed by atoms with Gasteiger partial charge in [-0.05, 0) is 51.4 Å². The molecule has 0 rings (SSSR count). The fourth-order valence-corrected chi connectivity index (χ4v) is 8.05. The number of rotatable bonds is 48. The second-order valence-electron chi connectivity index (χ2n) is 17.9. The molecule has 0 aromatic rings. The molecule has 0 heterocycles. The minimum absolute atomic E-state index is 0.0126. The molecule has 0 spiro atoms. The minimum Gasteiger partial charge on any atom is -0.466 e. The summed E-state index contributed by atoms with van der Waals surface area (Å²) in [7, 11) is 0. The van der Waals surface area contributed by atoms with Gasteiger partial charge in [-0.1, -0.05) is 231 Å². The number of carbonyl (C=O) groups is 2. The number of allylic oxidation sites excluding steroid dienone is 2. The monoisotopic (exact) mass is 820 g/mol. The van der Waals surface area contributed by atoms with E-state index in [4.69, 9.17) is 4.74 Å². The van der Waals surface area contributed by atoms with Crippen LogP contribution in [0.25, 0.3) is 0 Å². The minimum atomic E-state index is -0.680. The molecule has 0 aromatic carbocycles. The molecule has 344 valence electrons. The lowest BCUT2D eigenvalue weighted by Gasteiger charge is -2.22. The summed E-state index contributed by atoms with van der Waals surface area (Å²) in [5.41, 5.74) is 0. The van der Waals surface area contributed by atoms with Gasteiger partial charge in [0.25, 0.3) is 0 Å². The SMILES string of the molecule is CCCCCCCCCCCCCCCCCCCC(O)C(CO)NC(=O)CCCCC/C=C\CCCCCCCCOC(=O)CCCCCCCCCCCCC. The Morgan fingerprint density at radius 3 is 1.24 bits per heavy atom. The fourth-order valence-electron chi connectivity index (χ4n) is 8.05. The lowest BCUT2D eigenvalue weighted by atomic mass is 10.0. The van der Waals surface area contributed by atoms with E-state index in [1.54, 1.807) is 0 Å². The van der Waals surface area contributed by atoms with Crippen molar-refractivity contribution in [2.24, 2.45) is 0 Å². The van der Waals surface area contributed by atoms with Crippen molar-refractivity contribution in [3.05, 3.63) is 12.2 Å². The molecule has 0 fully saturated rings. The van der Waals surface area contributed by atoms with E-state index < -0.39 is 12.1 Å². The van der Waals surface area contributed by atoms with Crippen LogP contribution in [0, 0.1) is 0 Å². The smallest absolute Gasteiger partial charge is 0.305 e. The van der Waals surface area contributed by atoms with E-state index in [-0.39, 0.29) is 18.5 Å². The van der Waals surface area contributed by atoms with Gasteiger partial charge in [0.05, 0.1) is 25.4 Å². The summed E-state index contributed by atoms with van der Waals surface area (Å²) >= 11 is 0. The highest BCUT2D eigenvalue weighted by Crippen LogP contribution is 2.16. The third-order valence-corrected chi connectivity index (χ3v) is 12.1. The average molecular weight is 820 g/mol. The zero-order chi connectivity index (χ0) is 42.3. The maximum atomic E-state index is 12.4. The van der Waals surface area contributed by atoms with E-state index in [0.29, 0.717) is 25.9 Å². The Labute approximate surface area is 361 Å². The summed E-state index contributed by atoms with van der Waals surface area (Å²) < 4.78 is 5.44. The summed E-state index contributed by atoms with van der Waals surface area (Å²) in [6.45, 7) is 4.91. The molecule has 6 heteroatoms. The molecular weight excluding hydrogens is 719 g/mol. The first-order valence-electron chi connectivity index (χ1n) is 25.9. The number of aliphatic hydroxyl groups excluding tert-OH is 2. The molecular formula is C52H101NO5. The third-order valence-electron chi connectivity index (χ3n) is 12.1. The van der Waals surface area contributed by atoms with Crippen LogP contribution in [0.2, 0.25) is 0 Å². The molecule has 0 aliphatic heterocycles. The number of hydrogen-bond donors (Lipinski definition) is 3. The number of esters is 1. The number of aliphatic hydroxyl groups is 2. The number of ether oxygens (including phenoxy) is 1. The van der Waals surface area contributed by atoms with Crippen molar-refractivity contribution in [2.75, 3.05) is 13.2 Å². The van der Waals surface area contributed by atoms with Crippen molar-refractivity contribution in [2.45, 2.75) is 296 Å². The maximum Gasteiger partial charge on any atom is 0.305 e. The van der Waals surface area contributed by atoms with Crippen molar-refractivity contribution >= 4 is 11.9 Å². The van der Waals surface area contributed by atoms with Gasteiger partial charge >= 0.3 is 5.97 Å². The molecule has 0 saturated carbocycles. The highest BCUT2D eigenvalue weighted by Gasteiger charge is 2.20. The van der Waals surface area contributed by atoms with Crippen LogP contribution in [0.5, 0.6) is 0 Å². The zero-order valence-electron chi connectivity index (χ0n) is 39.0. The van der Waals surface area contributed by atoms with Crippen LogP contribution in [0.1, 0.15) is 284 Å². The Balaban J connectivity index is 3.50. The number of carbonyl (C=O) groups excluding carboxylic acids is 2. The summed E-state index contributed by atoms with van der Waals surface area (Å²) in [5, 5.41) is 23.2. The van der Waals surface area contributed by atoms with Crippen molar-refractivity contribution in [3.63, 3.8) is 0 Å². The van der Waals surface area contributed by atoms with Gasteiger partial charge in [0.15, 0.2) is 0 Å². The first-order chi connectivity index (χ1) is 28.5.